The Morgan fingerprint density at radius 1 is 1.35 bits per heavy atom. The van der Waals surface area contributed by atoms with Crippen LogP contribution in [0.25, 0.3) is 0 Å². The van der Waals surface area contributed by atoms with Crippen LogP contribution in [-0.2, 0) is 0 Å². The van der Waals surface area contributed by atoms with E-state index >= 15 is 0 Å². The predicted molar refractivity (Wildman–Crippen MR) is 100 cm³/mol. The molecule has 0 unspecified atom stereocenters. The first-order chi connectivity index (χ1) is 11.0. The fourth-order valence-corrected chi connectivity index (χ4v) is 4.11. The Hall–Kier alpha value is -1.30. The van der Waals surface area contributed by atoms with Crippen LogP contribution in [0.5, 0.6) is 0 Å². The van der Waals surface area contributed by atoms with Crippen molar-refractivity contribution in [3.05, 3.63) is 58.4 Å². The van der Waals surface area contributed by atoms with E-state index in [0.717, 1.165) is 33.9 Å². The highest BCUT2D eigenvalue weighted by molar-refractivity contribution is 7.99. The average Bonchev–Trinajstić information content (AvgIpc) is 2.52. The summed E-state index contributed by atoms with van der Waals surface area (Å²) >= 11 is 13.3. The Balaban J connectivity index is 1.74. The third-order valence-corrected chi connectivity index (χ3v) is 5.58. The molecule has 0 amide bonds. The SMILES string of the molecule is Cc1c(Cl)cccc1NC(=S)N[C@@H]1CCSc2ccc(F)cc21. The summed E-state index contributed by atoms with van der Waals surface area (Å²) in [4.78, 5) is 1.11. The van der Waals surface area contributed by atoms with Gasteiger partial charge in [0, 0.05) is 21.4 Å². The molecule has 0 spiro atoms. The molecule has 2 aromatic rings. The number of rotatable bonds is 2. The van der Waals surface area contributed by atoms with Crippen LogP contribution in [0.2, 0.25) is 5.02 Å². The van der Waals surface area contributed by atoms with E-state index in [-0.39, 0.29) is 11.9 Å². The third-order valence-electron chi connectivity index (χ3n) is 3.83. The lowest BCUT2D eigenvalue weighted by Crippen LogP contribution is -2.34. The van der Waals surface area contributed by atoms with Crippen molar-refractivity contribution < 1.29 is 4.39 Å². The van der Waals surface area contributed by atoms with Gasteiger partial charge in [-0.2, -0.15) is 0 Å². The van der Waals surface area contributed by atoms with E-state index in [9.17, 15) is 4.39 Å². The van der Waals surface area contributed by atoms with E-state index in [1.165, 1.54) is 6.07 Å². The molecule has 0 radical (unpaired) electrons. The van der Waals surface area contributed by atoms with Crippen molar-refractivity contribution in [2.45, 2.75) is 24.3 Å². The standard InChI is InChI=1S/C17H16ClFN2S2/c1-10-13(18)3-2-4-14(10)20-17(22)21-15-7-8-23-16-6-5-11(19)9-12(15)16/h2-6,9,15H,7-8H2,1H3,(H2,20,21,22)/t15-/m1/s1. The summed E-state index contributed by atoms with van der Waals surface area (Å²) in [5, 5.41) is 7.68. The molecule has 6 heteroatoms. The maximum absolute atomic E-state index is 13.5. The van der Waals surface area contributed by atoms with Crippen LogP contribution in [0.3, 0.4) is 0 Å². The Kier molecular flexibility index (Phi) is 5.09. The Labute approximate surface area is 149 Å². The van der Waals surface area contributed by atoms with Crippen molar-refractivity contribution in [3.8, 4) is 0 Å². The number of nitrogens with one attached hydrogen (secondary N) is 2. The summed E-state index contributed by atoms with van der Waals surface area (Å²) < 4.78 is 13.5. The summed E-state index contributed by atoms with van der Waals surface area (Å²) in [7, 11) is 0. The maximum atomic E-state index is 13.5. The topological polar surface area (TPSA) is 24.1 Å². The molecule has 2 nitrogen and oxygen atoms in total. The number of hydrogen-bond acceptors (Lipinski definition) is 2. The second-order valence-electron chi connectivity index (χ2n) is 5.38. The van der Waals surface area contributed by atoms with Crippen LogP contribution < -0.4 is 10.6 Å². The third kappa shape index (κ3) is 3.79. The maximum Gasteiger partial charge on any atom is 0.171 e. The molecule has 2 aromatic carbocycles. The highest BCUT2D eigenvalue weighted by atomic mass is 35.5. The molecule has 0 aliphatic carbocycles. The molecule has 0 fully saturated rings. The molecular weight excluding hydrogens is 351 g/mol. The van der Waals surface area contributed by atoms with Gasteiger partial charge in [0.15, 0.2) is 5.11 Å². The van der Waals surface area contributed by atoms with Crippen molar-refractivity contribution in [3.63, 3.8) is 0 Å². The van der Waals surface area contributed by atoms with Crippen molar-refractivity contribution in [2.75, 3.05) is 11.1 Å². The first-order valence-electron chi connectivity index (χ1n) is 7.29. The first-order valence-corrected chi connectivity index (χ1v) is 9.06. The van der Waals surface area contributed by atoms with Crippen LogP contribution in [0.1, 0.15) is 23.6 Å². The van der Waals surface area contributed by atoms with E-state index in [4.69, 9.17) is 23.8 Å². The Morgan fingerprint density at radius 3 is 3.00 bits per heavy atom. The number of thiocarbonyl (C=S) groups is 1. The normalized spacial score (nSPS) is 16.6. The number of benzene rings is 2. The molecule has 0 saturated carbocycles. The second-order valence-corrected chi connectivity index (χ2v) is 7.33. The fourth-order valence-electron chi connectivity index (χ4n) is 2.57. The first kappa shape index (κ1) is 16.6. The number of halogens is 2. The summed E-state index contributed by atoms with van der Waals surface area (Å²) in [6.07, 6.45) is 0.900. The molecule has 120 valence electrons. The van der Waals surface area contributed by atoms with Gasteiger partial charge in [0.25, 0.3) is 0 Å². The number of anilines is 1. The van der Waals surface area contributed by atoms with E-state index in [0.29, 0.717) is 10.1 Å². The van der Waals surface area contributed by atoms with Crippen molar-refractivity contribution in [1.29, 1.82) is 0 Å². The number of fused-ring (bicyclic) bond motifs is 1. The van der Waals surface area contributed by atoms with Crippen LogP contribution in [0, 0.1) is 12.7 Å². The summed E-state index contributed by atoms with van der Waals surface area (Å²) in [6, 6.07) is 10.6. The van der Waals surface area contributed by atoms with E-state index in [1.54, 1.807) is 17.8 Å². The summed E-state index contributed by atoms with van der Waals surface area (Å²) in [6.45, 7) is 1.94. The highest BCUT2D eigenvalue weighted by Gasteiger charge is 2.22. The lowest BCUT2D eigenvalue weighted by Gasteiger charge is -2.27. The minimum atomic E-state index is -0.220. The van der Waals surface area contributed by atoms with Crippen LogP contribution in [-0.4, -0.2) is 10.9 Å². The quantitative estimate of drug-likeness (QED) is 0.703. The van der Waals surface area contributed by atoms with Gasteiger partial charge in [-0.05, 0) is 67.0 Å². The molecule has 2 N–H and O–H groups in total. The van der Waals surface area contributed by atoms with Crippen molar-refractivity contribution >= 4 is 46.4 Å². The monoisotopic (exact) mass is 366 g/mol. The minimum Gasteiger partial charge on any atom is -0.356 e. The number of hydrogen-bond donors (Lipinski definition) is 2. The summed E-state index contributed by atoms with van der Waals surface area (Å²) in [5.41, 5.74) is 2.79. The van der Waals surface area contributed by atoms with E-state index in [1.807, 2.05) is 31.2 Å². The van der Waals surface area contributed by atoms with Crippen LogP contribution >= 0.6 is 35.6 Å². The zero-order valence-corrected chi connectivity index (χ0v) is 14.9. The van der Waals surface area contributed by atoms with Crippen molar-refractivity contribution in [1.82, 2.24) is 5.32 Å². The molecule has 1 aliphatic heterocycles. The summed E-state index contributed by atoms with van der Waals surface area (Å²) in [5.74, 6) is 0.761. The van der Waals surface area contributed by atoms with Gasteiger partial charge in [-0.1, -0.05) is 17.7 Å². The van der Waals surface area contributed by atoms with Gasteiger partial charge >= 0.3 is 0 Å². The zero-order valence-electron chi connectivity index (χ0n) is 12.5. The molecule has 3 rings (SSSR count). The van der Waals surface area contributed by atoms with Gasteiger partial charge < -0.3 is 10.6 Å². The predicted octanol–water partition coefficient (Wildman–Crippen LogP) is 5.31. The van der Waals surface area contributed by atoms with E-state index in [2.05, 4.69) is 10.6 Å². The van der Waals surface area contributed by atoms with Gasteiger partial charge in [-0.15, -0.1) is 11.8 Å². The minimum absolute atomic E-state index is 0.0152. The highest BCUT2D eigenvalue weighted by Crippen LogP contribution is 2.36. The Bertz CT molecular complexity index is 751. The lowest BCUT2D eigenvalue weighted by molar-refractivity contribution is 0.587. The fraction of sp³-hybridized carbons (Fsp3) is 0.235. The second kappa shape index (κ2) is 7.07. The molecule has 0 aromatic heterocycles. The Morgan fingerprint density at radius 2 is 2.17 bits per heavy atom. The van der Waals surface area contributed by atoms with Crippen LogP contribution in [0.4, 0.5) is 10.1 Å². The number of thioether (sulfide) groups is 1. The molecule has 1 aliphatic rings. The molecular formula is C17H16ClFN2S2. The largest absolute Gasteiger partial charge is 0.356 e. The molecule has 0 bridgehead atoms. The molecule has 1 atom stereocenters. The van der Waals surface area contributed by atoms with Crippen LogP contribution in [0.15, 0.2) is 41.3 Å². The van der Waals surface area contributed by atoms with Gasteiger partial charge in [0.05, 0.1) is 6.04 Å². The zero-order chi connectivity index (χ0) is 16.4. The van der Waals surface area contributed by atoms with E-state index < -0.39 is 0 Å². The van der Waals surface area contributed by atoms with Gasteiger partial charge in [0.1, 0.15) is 5.82 Å². The van der Waals surface area contributed by atoms with Gasteiger partial charge in [-0.3, -0.25) is 0 Å². The van der Waals surface area contributed by atoms with Crippen molar-refractivity contribution in [2.24, 2.45) is 0 Å². The molecule has 23 heavy (non-hydrogen) atoms. The smallest absolute Gasteiger partial charge is 0.171 e. The van der Waals surface area contributed by atoms with Gasteiger partial charge in [-0.25, -0.2) is 4.39 Å². The average molecular weight is 367 g/mol. The van der Waals surface area contributed by atoms with Gasteiger partial charge in [0.2, 0.25) is 0 Å². The molecule has 0 saturated heterocycles. The lowest BCUT2D eigenvalue weighted by atomic mass is 10.0. The molecule has 1 heterocycles.